The van der Waals surface area contributed by atoms with E-state index in [-0.39, 0.29) is 17.2 Å². The van der Waals surface area contributed by atoms with Crippen molar-refractivity contribution in [3.63, 3.8) is 0 Å². The largest absolute Gasteiger partial charge is 0.345 e. The molecule has 0 aliphatic carbocycles. The number of nitrogens with zero attached hydrogens (tertiary/aromatic N) is 3. The van der Waals surface area contributed by atoms with Crippen LogP contribution in [0.5, 0.6) is 0 Å². The van der Waals surface area contributed by atoms with Crippen LogP contribution >= 0.6 is 11.6 Å². The highest BCUT2D eigenvalue weighted by molar-refractivity contribution is 7.89. The number of hydrogen-bond donors (Lipinski definition) is 0. The molecule has 0 atom stereocenters. The number of benzene rings is 2. The number of pyridine rings is 1. The fourth-order valence-corrected chi connectivity index (χ4v) is 5.56. The number of anilines is 1. The summed E-state index contributed by atoms with van der Waals surface area (Å²) in [5.41, 5.74) is 1.30. The molecule has 2 heterocycles. The van der Waals surface area contributed by atoms with Gasteiger partial charge in [-0.1, -0.05) is 41.9 Å². The highest BCUT2D eigenvalue weighted by Gasteiger charge is 2.27. The Kier molecular flexibility index (Phi) is 6.89. The predicted molar refractivity (Wildman–Crippen MR) is 126 cm³/mol. The fraction of sp³-hybridized carbons (Fsp3) is 0.250. The Morgan fingerprint density at radius 1 is 1.00 bits per heavy atom. The van der Waals surface area contributed by atoms with Crippen LogP contribution in [-0.2, 0) is 16.6 Å². The number of aromatic nitrogens is 1. The lowest BCUT2D eigenvalue weighted by Crippen LogP contribution is -2.31. The second-order valence-corrected chi connectivity index (χ2v) is 10.1. The van der Waals surface area contributed by atoms with Gasteiger partial charge in [-0.25, -0.2) is 13.4 Å². The van der Waals surface area contributed by atoms with Crippen LogP contribution in [0.4, 0.5) is 5.82 Å². The normalized spacial score (nSPS) is 14.4. The number of ketones is 1. The van der Waals surface area contributed by atoms with Crippen molar-refractivity contribution in [2.75, 3.05) is 24.5 Å². The maximum Gasteiger partial charge on any atom is 0.243 e. The molecule has 1 fully saturated rings. The number of sulfonamides is 1. The van der Waals surface area contributed by atoms with E-state index >= 15 is 0 Å². The summed E-state index contributed by atoms with van der Waals surface area (Å²) in [7, 11) is -3.59. The Bertz CT molecular complexity index is 1200. The Hall–Kier alpha value is -2.74. The van der Waals surface area contributed by atoms with Crippen LogP contribution in [0.3, 0.4) is 0 Å². The third-order valence-corrected chi connectivity index (χ3v) is 7.56. The predicted octanol–water partition coefficient (Wildman–Crippen LogP) is 4.41. The standard InChI is InChI=1S/C24H24ClN3O3S/c25-21-9-5-7-19(15-21)17-27(24-11-1-2-12-26-24)18-23(29)20-8-6-10-22(16-20)32(30,31)28-13-3-4-14-28/h1-2,5-12,15-16H,3-4,13-14,17-18H2. The summed E-state index contributed by atoms with van der Waals surface area (Å²) in [6.45, 7) is 1.53. The van der Waals surface area contributed by atoms with Crippen LogP contribution in [0.2, 0.25) is 5.02 Å². The van der Waals surface area contributed by atoms with Gasteiger partial charge in [-0.05, 0) is 54.8 Å². The van der Waals surface area contributed by atoms with Crippen LogP contribution in [0.15, 0.2) is 77.8 Å². The van der Waals surface area contributed by atoms with Gasteiger partial charge < -0.3 is 4.90 Å². The number of halogens is 1. The number of Topliss-reactive ketones (excluding diaryl/α,β-unsaturated/α-hetero) is 1. The minimum atomic E-state index is -3.59. The molecule has 0 saturated carbocycles. The second kappa shape index (κ2) is 9.81. The van der Waals surface area contributed by atoms with Gasteiger partial charge in [0.2, 0.25) is 10.0 Å². The van der Waals surface area contributed by atoms with Crippen molar-refractivity contribution < 1.29 is 13.2 Å². The number of carbonyl (C=O) groups excluding carboxylic acids is 1. The molecule has 1 saturated heterocycles. The lowest BCUT2D eigenvalue weighted by molar-refractivity contribution is 0.0998. The van der Waals surface area contributed by atoms with Crippen molar-refractivity contribution in [1.29, 1.82) is 0 Å². The molecule has 0 radical (unpaired) electrons. The molecule has 0 amide bonds. The Labute approximate surface area is 193 Å². The minimum absolute atomic E-state index is 0.0523. The molecular weight excluding hydrogens is 446 g/mol. The summed E-state index contributed by atoms with van der Waals surface area (Å²) in [6, 6.07) is 19.3. The smallest absolute Gasteiger partial charge is 0.243 e. The molecule has 4 rings (SSSR count). The zero-order valence-corrected chi connectivity index (χ0v) is 19.1. The molecule has 0 spiro atoms. The van der Waals surface area contributed by atoms with E-state index in [4.69, 9.17) is 11.6 Å². The second-order valence-electron chi connectivity index (χ2n) is 7.74. The highest BCUT2D eigenvalue weighted by atomic mass is 35.5. The quantitative estimate of drug-likeness (QED) is 0.457. The molecule has 166 valence electrons. The molecule has 1 aliphatic rings. The van der Waals surface area contributed by atoms with E-state index in [2.05, 4.69) is 4.98 Å². The first-order valence-electron chi connectivity index (χ1n) is 10.5. The lowest BCUT2D eigenvalue weighted by atomic mass is 10.1. The Balaban J connectivity index is 1.58. The summed E-state index contributed by atoms with van der Waals surface area (Å²) in [5.74, 6) is 0.470. The van der Waals surface area contributed by atoms with Crippen LogP contribution in [0.25, 0.3) is 0 Å². The first kappa shape index (κ1) is 22.5. The summed E-state index contributed by atoms with van der Waals surface area (Å²) < 4.78 is 27.3. The van der Waals surface area contributed by atoms with Gasteiger partial charge in [-0.2, -0.15) is 4.31 Å². The summed E-state index contributed by atoms with van der Waals surface area (Å²) in [4.78, 5) is 19.6. The van der Waals surface area contributed by atoms with Crippen LogP contribution in [-0.4, -0.2) is 43.1 Å². The number of carbonyl (C=O) groups is 1. The Morgan fingerprint density at radius 3 is 2.50 bits per heavy atom. The van der Waals surface area contributed by atoms with Gasteiger partial charge >= 0.3 is 0 Å². The SMILES string of the molecule is O=C(CN(Cc1cccc(Cl)c1)c1ccccn1)c1cccc(S(=O)(=O)N2CCCC2)c1. The average molecular weight is 470 g/mol. The molecule has 6 nitrogen and oxygen atoms in total. The fourth-order valence-electron chi connectivity index (χ4n) is 3.79. The molecule has 8 heteroatoms. The van der Waals surface area contributed by atoms with E-state index in [9.17, 15) is 13.2 Å². The number of rotatable bonds is 8. The molecule has 0 unspecified atom stereocenters. The van der Waals surface area contributed by atoms with E-state index < -0.39 is 10.0 Å². The van der Waals surface area contributed by atoms with Gasteiger partial charge in [-0.15, -0.1) is 0 Å². The van der Waals surface area contributed by atoms with Gasteiger partial charge in [0.25, 0.3) is 0 Å². The van der Waals surface area contributed by atoms with Gasteiger partial charge in [0, 0.05) is 36.4 Å². The molecule has 2 aromatic carbocycles. The maximum atomic E-state index is 13.2. The topological polar surface area (TPSA) is 70.6 Å². The molecule has 1 aliphatic heterocycles. The molecule has 0 N–H and O–H groups in total. The third kappa shape index (κ3) is 5.18. The molecule has 1 aromatic heterocycles. The number of hydrogen-bond acceptors (Lipinski definition) is 5. The van der Waals surface area contributed by atoms with Crippen molar-refractivity contribution in [1.82, 2.24) is 9.29 Å². The summed E-state index contributed by atoms with van der Waals surface area (Å²) in [5, 5.41) is 0.620. The van der Waals surface area contributed by atoms with E-state index in [0.717, 1.165) is 18.4 Å². The average Bonchev–Trinajstić information content (AvgIpc) is 3.35. The van der Waals surface area contributed by atoms with Crippen LogP contribution in [0.1, 0.15) is 28.8 Å². The zero-order valence-electron chi connectivity index (χ0n) is 17.5. The van der Waals surface area contributed by atoms with E-state index in [0.29, 0.717) is 36.0 Å². The van der Waals surface area contributed by atoms with E-state index in [1.807, 2.05) is 41.3 Å². The van der Waals surface area contributed by atoms with Crippen molar-refractivity contribution >= 4 is 33.2 Å². The summed E-state index contributed by atoms with van der Waals surface area (Å²) in [6.07, 6.45) is 3.40. The minimum Gasteiger partial charge on any atom is -0.345 e. The molecule has 0 bridgehead atoms. The monoisotopic (exact) mass is 469 g/mol. The van der Waals surface area contributed by atoms with Gasteiger partial charge in [-0.3, -0.25) is 4.79 Å². The molecule has 3 aromatic rings. The van der Waals surface area contributed by atoms with Crippen molar-refractivity contribution in [3.8, 4) is 0 Å². The van der Waals surface area contributed by atoms with Crippen LogP contribution < -0.4 is 4.90 Å². The molecule has 32 heavy (non-hydrogen) atoms. The summed E-state index contributed by atoms with van der Waals surface area (Å²) >= 11 is 6.13. The first-order valence-corrected chi connectivity index (χ1v) is 12.3. The van der Waals surface area contributed by atoms with E-state index in [1.54, 1.807) is 30.5 Å². The van der Waals surface area contributed by atoms with Crippen molar-refractivity contribution in [2.45, 2.75) is 24.3 Å². The Morgan fingerprint density at radius 2 is 1.78 bits per heavy atom. The molecular formula is C24H24ClN3O3S. The highest BCUT2D eigenvalue weighted by Crippen LogP contribution is 2.23. The van der Waals surface area contributed by atoms with Crippen LogP contribution in [0, 0.1) is 0 Å². The maximum absolute atomic E-state index is 13.2. The van der Waals surface area contributed by atoms with Gasteiger partial charge in [0.1, 0.15) is 5.82 Å². The van der Waals surface area contributed by atoms with Crippen molar-refractivity contribution in [2.24, 2.45) is 0 Å². The zero-order chi connectivity index (χ0) is 22.6. The third-order valence-electron chi connectivity index (χ3n) is 5.43. The first-order chi connectivity index (χ1) is 15.4. The van der Waals surface area contributed by atoms with Gasteiger partial charge in [0.05, 0.1) is 11.4 Å². The van der Waals surface area contributed by atoms with Gasteiger partial charge in [0.15, 0.2) is 5.78 Å². The lowest BCUT2D eigenvalue weighted by Gasteiger charge is -2.23. The van der Waals surface area contributed by atoms with Crippen molar-refractivity contribution in [3.05, 3.63) is 89.1 Å². The van der Waals surface area contributed by atoms with E-state index in [1.165, 1.54) is 10.4 Å².